The van der Waals surface area contributed by atoms with Gasteiger partial charge in [-0.1, -0.05) is 36.4 Å². The van der Waals surface area contributed by atoms with E-state index in [9.17, 15) is 4.79 Å². The van der Waals surface area contributed by atoms with Crippen LogP contribution in [0.1, 0.15) is 35.8 Å². The van der Waals surface area contributed by atoms with Crippen LogP contribution < -0.4 is 10.5 Å². The number of thiophene rings is 2. The first-order chi connectivity index (χ1) is 16.2. The van der Waals surface area contributed by atoms with Gasteiger partial charge in [0.1, 0.15) is 16.5 Å². The summed E-state index contributed by atoms with van der Waals surface area (Å²) in [4.78, 5) is 34.9. The molecule has 1 aliphatic carbocycles. The van der Waals surface area contributed by atoms with Gasteiger partial charge in [-0.3, -0.25) is 4.79 Å². The molecule has 0 atom stereocenters. The number of nitrogens with zero attached hydrogens (tertiary/aromatic N) is 4. The van der Waals surface area contributed by atoms with Crippen molar-refractivity contribution in [2.24, 2.45) is 0 Å². The monoisotopic (exact) mass is 469 g/mol. The van der Waals surface area contributed by atoms with Gasteiger partial charge in [-0.15, -0.1) is 22.7 Å². The molecule has 7 rings (SSSR count). The van der Waals surface area contributed by atoms with Crippen LogP contribution >= 0.6 is 22.7 Å². The Morgan fingerprint density at radius 1 is 0.970 bits per heavy atom. The minimum absolute atomic E-state index is 0.0122. The standard InChI is InChI=1S/C25H19N5OS2/c31-24-16-11-30(12-18(16)26-21(28-24)15-8-9-15)23-20-17(14-5-2-1-3-6-14)13-33-25(20)29-22(27-23)19-7-4-10-32-19/h1-7,10,13,15H,8-9,11-12H2,(H,26,28,31). The summed E-state index contributed by atoms with van der Waals surface area (Å²) in [5.41, 5.74) is 3.88. The lowest BCUT2D eigenvalue weighted by atomic mass is 10.1. The van der Waals surface area contributed by atoms with E-state index in [0.29, 0.717) is 19.0 Å². The summed E-state index contributed by atoms with van der Waals surface area (Å²) in [5, 5.41) is 5.25. The Bertz CT molecular complexity index is 1550. The molecule has 1 aromatic carbocycles. The smallest absolute Gasteiger partial charge is 0.256 e. The number of benzene rings is 1. The fourth-order valence-corrected chi connectivity index (χ4v) is 6.08. The van der Waals surface area contributed by atoms with Crippen LogP contribution in [0.25, 0.3) is 32.0 Å². The number of fused-ring (bicyclic) bond motifs is 2. The van der Waals surface area contributed by atoms with Gasteiger partial charge in [-0.2, -0.15) is 0 Å². The lowest BCUT2D eigenvalue weighted by Gasteiger charge is -2.19. The molecule has 6 nitrogen and oxygen atoms in total. The van der Waals surface area contributed by atoms with Crippen LogP contribution in [-0.2, 0) is 13.1 Å². The summed E-state index contributed by atoms with van der Waals surface area (Å²) in [7, 11) is 0. The maximum absolute atomic E-state index is 12.8. The molecule has 8 heteroatoms. The van der Waals surface area contributed by atoms with Gasteiger partial charge in [0, 0.05) is 16.9 Å². The van der Waals surface area contributed by atoms with E-state index in [4.69, 9.17) is 15.0 Å². The molecule has 5 heterocycles. The summed E-state index contributed by atoms with van der Waals surface area (Å²) >= 11 is 3.27. The zero-order valence-corrected chi connectivity index (χ0v) is 19.2. The van der Waals surface area contributed by atoms with Gasteiger partial charge in [0.2, 0.25) is 0 Å². The van der Waals surface area contributed by atoms with E-state index in [-0.39, 0.29) is 5.56 Å². The zero-order chi connectivity index (χ0) is 21.9. The third kappa shape index (κ3) is 3.20. The van der Waals surface area contributed by atoms with Crippen molar-refractivity contribution >= 4 is 38.7 Å². The molecule has 2 aliphatic rings. The van der Waals surface area contributed by atoms with Crippen molar-refractivity contribution in [1.29, 1.82) is 0 Å². The van der Waals surface area contributed by atoms with Crippen molar-refractivity contribution in [2.75, 3.05) is 4.90 Å². The first kappa shape index (κ1) is 19.1. The molecule has 0 spiro atoms. The molecule has 4 aromatic heterocycles. The number of nitrogens with one attached hydrogen (secondary N) is 1. The SMILES string of the molecule is O=c1[nH]c(C2CC2)nc2c1CN(c1nc(-c3cccs3)nc3scc(-c4ccccc4)c13)C2. The van der Waals surface area contributed by atoms with Crippen LogP contribution in [0.4, 0.5) is 5.82 Å². The first-order valence-corrected chi connectivity index (χ1v) is 12.8. The van der Waals surface area contributed by atoms with E-state index < -0.39 is 0 Å². The second-order valence-corrected chi connectivity index (χ2v) is 10.4. The topological polar surface area (TPSA) is 74.8 Å². The minimum atomic E-state index is -0.0122. The number of anilines is 1. The van der Waals surface area contributed by atoms with Crippen molar-refractivity contribution in [3.8, 4) is 21.8 Å². The van der Waals surface area contributed by atoms with Gasteiger partial charge < -0.3 is 9.88 Å². The van der Waals surface area contributed by atoms with Crippen molar-refractivity contribution < 1.29 is 0 Å². The Hall–Kier alpha value is -3.36. The highest BCUT2D eigenvalue weighted by atomic mass is 32.1. The van der Waals surface area contributed by atoms with Crippen LogP contribution in [0, 0.1) is 0 Å². The molecule has 33 heavy (non-hydrogen) atoms. The van der Waals surface area contributed by atoms with E-state index in [1.807, 2.05) is 35.7 Å². The molecule has 162 valence electrons. The predicted molar refractivity (Wildman–Crippen MR) is 133 cm³/mol. The quantitative estimate of drug-likeness (QED) is 0.373. The molecule has 0 radical (unpaired) electrons. The second-order valence-electron chi connectivity index (χ2n) is 8.55. The van der Waals surface area contributed by atoms with E-state index in [1.165, 1.54) is 0 Å². The molecular weight excluding hydrogens is 450 g/mol. The molecule has 0 amide bonds. The average molecular weight is 470 g/mol. The molecule has 1 saturated carbocycles. The first-order valence-electron chi connectivity index (χ1n) is 11.0. The highest BCUT2D eigenvalue weighted by molar-refractivity contribution is 7.17. The van der Waals surface area contributed by atoms with Crippen LogP contribution in [0.2, 0.25) is 0 Å². The maximum atomic E-state index is 12.8. The minimum Gasteiger partial charge on any atom is -0.345 e. The van der Waals surface area contributed by atoms with Gasteiger partial charge in [-0.05, 0) is 29.9 Å². The molecule has 1 aliphatic heterocycles. The van der Waals surface area contributed by atoms with Gasteiger partial charge in [0.05, 0.1) is 34.6 Å². The average Bonchev–Trinajstić information content (AvgIpc) is 3.23. The molecule has 1 N–H and O–H groups in total. The molecular formula is C25H19N5OS2. The Morgan fingerprint density at radius 3 is 2.64 bits per heavy atom. The van der Waals surface area contributed by atoms with E-state index >= 15 is 0 Å². The summed E-state index contributed by atoms with van der Waals surface area (Å²) in [6, 6.07) is 14.4. The van der Waals surface area contributed by atoms with Crippen molar-refractivity contribution in [3.05, 3.63) is 80.7 Å². The normalized spacial score (nSPS) is 15.3. The third-order valence-electron chi connectivity index (χ3n) is 6.31. The van der Waals surface area contributed by atoms with E-state index in [1.54, 1.807) is 22.7 Å². The van der Waals surface area contributed by atoms with Crippen LogP contribution in [0.15, 0.2) is 58.0 Å². The Morgan fingerprint density at radius 2 is 1.85 bits per heavy atom. The number of hydrogen-bond acceptors (Lipinski definition) is 7. The van der Waals surface area contributed by atoms with Crippen molar-refractivity contribution in [3.63, 3.8) is 0 Å². The Balaban J connectivity index is 1.40. The van der Waals surface area contributed by atoms with Crippen LogP contribution in [-0.4, -0.2) is 19.9 Å². The lowest BCUT2D eigenvalue weighted by molar-refractivity contribution is 0.843. The molecule has 0 unspecified atom stereocenters. The Kier molecular flexibility index (Phi) is 4.25. The fourth-order valence-electron chi connectivity index (χ4n) is 4.48. The number of rotatable bonds is 4. The molecule has 1 fully saturated rings. The summed E-state index contributed by atoms with van der Waals surface area (Å²) < 4.78 is 0. The maximum Gasteiger partial charge on any atom is 0.256 e. The Labute approximate surface area is 197 Å². The number of aromatic amines is 1. The highest BCUT2D eigenvalue weighted by Gasteiger charge is 2.32. The second kappa shape index (κ2) is 7.33. The van der Waals surface area contributed by atoms with Gasteiger partial charge in [0.15, 0.2) is 5.82 Å². The van der Waals surface area contributed by atoms with Gasteiger partial charge >= 0.3 is 0 Å². The largest absolute Gasteiger partial charge is 0.345 e. The van der Waals surface area contributed by atoms with E-state index in [0.717, 1.165) is 67.8 Å². The van der Waals surface area contributed by atoms with Gasteiger partial charge in [-0.25, -0.2) is 15.0 Å². The van der Waals surface area contributed by atoms with Crippen LogP contribution in [0.3, 0.4) is 0 Å². The summed E-state index contributed by atoms with van der Waals surface area (Å²) in [5.74, 6) is 2.85. The third-order valence-corrected chi connectivity index (χ3v) is 8.05. The highest BCUT2D eigenvalue weighted by Crippen LogP contribution is 2.42. The fraction of sp³-hybridized carbons (Fsp3) is 0.200. The number of aromatic nitrogens is 4. The number of hydrogen-bond donors (Lipinski definition) is 1. The molecule has 0 bridgehead atoms. The van der Waals surface area contributed by atoms with Gasteiger partial charge in [0.25, 0.3) is 5.56 Å². The zero-order valence-electron chi connectivity index (χ0n) is 17.6. The van der Waals surface area contributed by atoms with Crippen molar-refractivity contribution in [1.82, 2.24) is 19.9 Å². The lowest BCUT2D eigenvalue weighted by Crippen LogP contribution is -2.19. The van der Waals surface area contributed by atoms with E-state index in [2.05, 4.69) is 27.4 Å². The van der Waals surface area contributed by atoms with Crippen LogP contribution in [0.5, 0.6) is 0 Å². The summed E-state index contributed by atoms with van der Waals surface area (Å²) in [6.07, 6.45) is 2.22. The molecule has 0 saturated heterocycles. The number of H-pyrrole nitrogens is 1. The van der Waals surface area contributed by atoms with Crippen molar-refractivity contribution in [2.45, 2.75) is 31.8 Å². The predicted octanol–water partition coefficient (Wildman–Crippen LogP) is 5.57. The summed E-state index contributed by atoms with van der Waals surface area (Å²) in [6.45, 7) is 1.09. The molecule has 5 aromatic rings.